The Balaban J connectivity index is 1.85. The maximum absolute atomic E-state index is 4.34. The van der Waals surface area contributed by atoms with Crippen molar-refractivity contribution in [2.24, 2.45) is 5.92 Å². The van der Waals surface area contributed by atoms with Gasteiger partial charge in [-0.2, -0.15) is 5.10 Å². The predicted octanol–water partition coefficient (Wildman–Crippen LogP) is 2.46. The zero-order valence-corrected chi connectivity index (χ0v) is 12.4. The van der Waals surface area contributed by atoms with Crippen LogP contribution in [0.15, 0.2) is 6.33 Å². The third kappa shape index (κ3) is 3.28. The van der Waals surface area contributed by atoms with Crippen LogP contribution in [0.4, 0.5) is 0 Å². The van der Waals surface area contributed by atoms with E-state index < -0.39 is 0 Å². The van der Waals surface area contributed by atoms with Gasteiger partial charge in [0.1, 0.15) is 12.2 Å². The minimum atomic E-state index is 0.386. The lowest BCUT2D eigenvalue weighted by Crippen LogP contribution is -2.35. The summed E-state index contributed by atoms with van der Waals surface area (Å²) in [7, 11) is 2.17. The first-order valence-corrected chi connectivity index (χ1v) is 7.18. The number of nitrogens with zero attached hydrogens (tertiary/aromatic N) is 4. The Kier molecular flexibility index (Phi) is 4.20. The van der Waals surface area contributed by atoms with Crippen molar-refractivity contribution in [1.29, 1.82) is 0 Å². The van der Waals surface area contributed by atoms with Gasteiger partial charge in [0.15, 0.2) is 0 Å². The number of hydrogen-bond acceptors (Lipinski definition) is 3. The fourth-order valence-corrected chi connectivity index (χ4v) is 3.43. The number of aromatic nitrogens is 3. The molecule has 0 aliphatic heterocycles. The summed E-state index contributed by atoms with van der Waals surface area (Å²) in [5.41, 5.74) is 0. The van der Waals surface area contributed by atoms with Gasteiger partial charge in [-0.05, 0) is 39.7 Å². The normalized spacial score (nSPS) is 24.4. The van der Waals surface area contributed by atoms with Gasteiger partial charge in [0.25, 0.3) is 0 Å². The van der Waals surface area contributed by atoms with Crippen LogP contribution in [0, 0.1) is 5.92 Å². The van der Waals surface area contributed by atoms with Crippen LogP contribution in [0.25, 0.3) is 0 Å². The molecule has 1 aliphatic rings. The predicted molar refractivity (Wildman–Crippen MR) is 72.2 cm³/mol. The molecule has 0 saturated heterocycles. The van der Waals surface area contributed by atoms with Crippen LogP contribution in [0.5, 0.6) is 0 Å². The second-order valence-electron chi connectivity index (χ2n) is 5.35. The molecule has 1 aromatic heterocycles. The van der Waals surface area contributed by atoms with Gasteiger partial charge in [0, 0.05) is 17.4 Å². The van der Waals surface area contributed by atoms with E-state index in [4.69, 9.17) is 0 Å². The molecular weight excluding hydrogens is 280 g/mol. The van der Waals surface area contributed by atoms with Gasteiger partial charge in [-0.3, -0.25) is 4.90 Å². The molecule has 5 heteroatoms. The molecule has 0 unspecified atom stereocenters. The Morgan fingerprint density at radius 3 is 2.82 bits per heavy atom. The molecule has 0 spiro atoms. The lowest BCUT2D eigenvalue weighted by Gasteiger charge is -2.34. The van der Waals surface area contributed by atoms with E-state index in [1.165, 1.54) is 12.8 Å². The highest BCUT2D eigenvalue weighted by atomic mass is 79.9. The quantitative estimate of drug-likeness (QED) is 0.784. The molecule has 1 saturated carbocycles. The molecule has 0 aromatic carbocycles. The fraction of sp³-hybridized carbons (Fsp3) is 0.833. The lowest BCUT2D eigenvalue weighted by atomic mass is 9.85. The summed E-state index contributed by atoms with van der Waals surface area (Å²) in [6.07, 6.45) is 4.27. The lowest BCUT2D eigenvalue weighted by molar-refractivity contribution is 0.201. The first kappa shape index (κ1) is 13.0. The van der Waals surface area contributed by atoms with Crippen molar-refractivity contribution >= 4 is 15.9 Å². The zero-order valence-electron chi connectivity index (χ0n) is 10.8. The largest absolute Gasteiger partial charge is 0.299 e. The van der Waals surface area contributed by atoms with Crippen molar-refractivity contribution in [2.75, 3.05) is 13.6 Å². The monoisotopic (exact) mass is 300 g/mol. The molecule has 1 aromatic rings. The Hall–Kier alpha value is -0.420. The molecule has 1 fully saturated rings. The summed E-state index contributed by atoms with van der Waals surface area (Å²) in [5.74, 6) is 1.91. The molecule has 17 heavy (non-hydrogen) atoms. The average Bonchev–Trinajstić information content (AvgIpc) is 2.63. The maximum Gasteiger partial charge on any atom is 0.141 e. The van der Waals surface area contributed by atoms with Crippen LogP contribution in [-0.4, -0.2) is 38.1 Å². The van der Waals surface area contributed by atoms with Gasteiger partial charge in [-0.15, -0.1) is 0 Å². The molecule has 0 bridgehead atoms. The van der Waals surface area contributed by atoms with E-state index in [0.717, 1.165) is 29.7 Å². The maximum atomic E-state index is 4.34. The van der Waals surface area contributed by atoms with Crippen LogP contribution in [0.2, 0.25) is 0 Å². The van der Waals surface area contributed by atoms with E-state index in [-0.39, 0.29) is 0 Å². The van der Waals surface area contributed by atoms with Gasteiger partial charge in [-0.25, -0.2) is 9.67 Å². The summed E-state index contributed by atoms with van der Waals surface area (Å²) < 4.78 is 2.00. The number of alkyl halides is 1. The second-order valence-corrected chi connectivity index (χ2v) is 6.64. The summed E-state index contributed by atoms with van der Waals surface area (Å²) in [6.45, 7) is 6.33. The van der Waals surface area contributed by atoms with Crippen molar-refractivity contribution in [1.82, 2.24) is 19.7 Å². The first-order chi connectivity index (χ1) is 8.06. The van der Waals surface area contributed by atoms with Gasteiger partial charge in [-0.1, -0.05) is 15.9 Å². The number of rotatable bonds is 5. The molecule has 0 amide bonds. The molecule has 1 heterocycles. The van der Waals surface area contributed by atoms with E-state index in [1.54, 1.807) is 6.33 Å². The molecule has 0 radical (unpaired) electrons. The SMILES string of the molecule is CC(C)n1ncnc1CN(C)CC1CC(Br)C1. The summed E-state index contributed by atoms with van der Waals surface area (Å²) in [4.78, 5) is 7.45. The van der Waals surface area contributed by atoms with E-state index in [2.05, 4.69) is 51.8 Å². The second kappa shape index (κ2) is 5.48. The van der Waals surface area contributed by atoms with Gasteiger partial charge in [0.05, 0.1) is 6.54 Å². The van der Waals surface area contributed by atoms with Crippen molar-refractivity contribution in [3.63, 3.8) is 0 Å². The van der Waals surface area contributed by atoms with Gasteiger partial charge in [0.2, 0.25) is 0 Å². The molecule has 0 atom stereocenters. The van der Waals surface area contributed by atoms with Crippen LogP contribution in [0.3, 0.4) is 0 Å². The summed E-state index contributed by atoms with van der Waals surface area (Å²) in [6, 6.07) is 0.386. The van der Waals surface area contributed by atoms with Crippen LogP contribution in [0.1, 0.15) is 38.6 Å². The standard InChI is InChI=1S/C12H21BrN4/c1-9(2)17-12(14-8-15-17)7-16(3)6-10-4-11(13)5-10/h8-11H,4-7H2,1-3H3. The van der Waals surface area contributed by atoms with Gasteiger partial charge >= 0.3 is 0 Å². The first-order valence-electron chi connectivity index (χ1n) is 6.27. The van der Waals surface area contributed by atoms with Crippen molar-refractivity contribution in [3.8, 4) is 0 Å². The number of halogens is 1. The highest BCUT2D eigenvalue weighted by Crippen LogP contribution is 2.33. The summed E-state index contributed by atoms with van der Waals surface area (Å²) in [5, 5.41) is 4.27. The molecule has 4 nitrogen and oxygen atoms in total. The van der Waals surface area contributed by atoms with Crippen molar-refractivity contribution < 1.29 is 0 Å². The van der Waals surface area contributed by atoms with Crippen molar-refractivity contribution in [3.05, 3.63) is 12.2 Å². The van der Waals surface area contributed by atoms with E-state index >= 15 is 0 Å². The minimum Gasteiger partial charge on any atom is -0.299 e. The highest BCUT2D eigenvalue weighted by Gasteiger charge is 2.27. The molecule has 1 aliphatic carbocycles. The molecule has 96 valence electrons. The Labute approximate surface area is 112 Å². The number of hydrogen-bond donors (Lipinski definition) is 0. The van der Waals surface area contributed by atoms with E-state index in [1.807, 2.05) is 4.68 Å². The average molecular weight is 301 g/mol. The van der Waals surface area contributed by atoms with Crippen LogP contribution >= 0.6 is 15.9 Å². The summed E-state index contributed by atoms with van der Waals surface area (Å²) >= 11 is 3.64. The Morgan fingerprint density at radius 1 is 1.53 bits per heavy atom. The Morgan fingerprint density at radius 2 is 2.24 bits per heavy atom. The van der Waals surface area contributed by atoms with Crippen molar-refractivity contribution in [2.45, 2.75) is 44.1 Å². The third-order valence-corrected chi connectivity index (χ3v) is 4.04. The minimum absolute atomic E-state index is 0.386. The van der Waals surface area contributed by atoms with Crippen LogP contribution in [-0.2, 0) is 6.54 Å². The molecule has 0 N–H and O–H groups in total. The third-order valence-electron chi connectivity index (χ3n) is 3.30. The molecular formula is C12H21BrN4. The highest BCUT2D eigenvalue weighted by molar-refractivity contribution is 9.09. The topological polar surface area (TPSA) is 34.0 Å². The smallest absolute Gasteiger partial charge is 0.141 e. The fourth-order valence-electron chi connectivity index (χ4n) is 2.37. The van der Waals surface area contributed by atoms with E-state index in [9.17, 15) is 0 Å². The zero-order chi connectivity index (χ0) is 12.4. The van der Waals surface area contributed by atoms with Gasteiger partial charge < -0.3 is 0 Å². The Bertz CT molecular complexity index is 357. The van der Waals surface area contributed by atoms with Crippen LogP contribution < -0.4 is 0 Å². The van der Waals surface area contributed by atoms with E-state index in [0.29, 0.717) is 6.04 Å². The molecule has 2 rings (SSSR count).